The predicted molar refractivity (Wildman–Crippen MR) is 67.7 cm³/mol. The lowest BCUT2D eigenvalue weighted by atomic mass is 10.2. The molecule has 0 amide bonds. The summed E-state index contributed by atoms with van der Waals surface area (Å²) in [6, 6.07) is 4.50. The molecule has 0 aliphatic heterocycles. The molecule has 20 heavy (non-hydrogen) atoms. The highest BCUT2D eigenvalue weighted by molar-refractivity contribution is 5.87. The summed E-state index contributed by atoms with van der Waals surface area (Å²) in [6.45, 7) is 1.91. The van der Waals surface area contributed by atoms with Crippen molar-refractivity contribution >= 4 is 18.1 Å². The van der Waals surface area contributed by atoms with E-state index in [2.05, 4.69) is 5.16 Å². The smallest absolute Gasteiger partial charge is 0.360 e. The van der Waals surface area contributed by atoms with Gasteiger partial charge in [0.1, 0.15) is 11.6 Å². The molecule has 1 aromatic heterocycles. The lowest BCUT2D eigenvalue weighted by molar-refractivity contribution is 0.0514. The Hall–Kier alpha value is -2.50. The van der Waals surface area contributed by atoms with Gasteiger partial charge >= 0.3 is 5.97 Å². The Labute approximate surface area is 113 Å². The van der Waals surface area contributed by atoms with E-state index in [0.717, 1.165) is 6.07 Å². The van der Waals surface area contributed by atoms with Crippen molar-refractivity contribution in [1.82, 2.24) is 5.16 Å². The Balaban J connectivity index is 2.13. The summed E-state index contributed by atoms with van der Waals surface area (Å²) in [5, 5.41) is 3.53. The zero-order valence-electron chi connectivity index (χ0n) is 10.6. The second kappa shape index (κ2) is 6.10. The number of hydrogen-bond donors (Lipinski definition) is 0. The lowest BCUT2D eigenvalue weighted by Gasteiger charge is -1.94. The van der Waals surface area contributed by atoms with E-state index in [9.17, 15) is 13.6 Å². The molecule has 1 aromatic carbocycles. The first-order valence-electron chi connectivity index (χ1n) is 5.86. The number of aromatic nitrogens is 1. The Kier molecular flexibility index (Phi) is 4.24. The minimum atomic E-state index is -0.672. The van der Waals surface area contributed by atoms with E-state index in [1.807, 2.05) is 0 Å². The molecule has 0 N–H and O–H groups in total. The average molecular weight is 279 g/mol. The zero-order valence-corrected chi connectivity index (χ0v) is 10.6. The minimum Gasteiger partial charge on any atom is -0.461 e. The van der Waals surface area contributed by atoms with Gasteiger partial charge in [-0.05, 0) is 30.7 Å². The molecular weight excluding hydrogens is 268 g/mol. The van der Waals surface area contributed by atoms with Gasteiger partial charge in [-0.25, -0.2) is 13.6 Å². The van der Waals surface area contributed by atoms with Gasteiger partial charge in [-0.15, -0.1) is 0 Å². The fourth-order valence-electron chi connectivity index (χ4n) is 1.52. The van der Waals surface area contributed by atoms with Crippen LogP contribution < -0.4 is 0 Å². The van der Waals surface area contributed by atoms with E-state index in [1.165, 1.54) is 30.4 Å². The van der Waals surface area contributed by atoms with Crippen molar-refractivity contribution in [2.75, 3.05) is 6.61 Å². The van der Waals surface area contributed by atoms with Crippen LogP contribution in [0.3, 0.4) is 0 Å². The third kappa shape index (κ3) is 3.50. The quantitative estimate of drug-likeness (QED) is 0.806. The van der Waals surface area contributed by atoms with Crippen LogP contribution in [0.4, 0.5) is 8.78 Å². The molecule has 0 radical (unpaired) electrons. The van der Waals surface area contributed by atoms with Crippen LogP contribution >= 0.6 is 0 Å². The molecule has 0 aliphatic rings. The molecule has 0 aliphatic carbocycles. The molecule has 1 heterocycles. The topological polar surface area (TPSA) is 52.3 Å². The first-order valence-corrected chi connectivity index (χ1v) is 5.86. The van der Waals surface area contributed by atoms with Crippen molar-refractivity contribution in [2.24, 2.45) is 0 Å². The normalized spacial score (nSPS) is 10.9. The van der Waals surface area contributed by atoms with Gasteiger partial charge in [-0.1, -0.05) is 11.2 Å². The molecule has 104 valence electrons. The van der Waals surface area contributed by atoms with E-state index in [4.69, 9.17) is 9.26 Å². The number of benzene rings is 1. The maximum atomic E-state index is 13.0. The SMILES string of the molecule is CCOC(=O)c1cc(/C=C/c2cc(F)cc(F)c2)on1. The molecule has 0 unspecified atom stereocenters. The van der Waals surface area contributed by atoms with Crippen LogP contribution in [-0.2, 0) is 4.74 Å². The first-order chi connectivity index (χ1) is 9.58. The standard InChI is InChI=1S/C14H11F2NO3/c1-2-19-14(18)13-8-12(20-17-13)4-3-9-5-10(15)7-11(16)6-9/h3-8H,2H2,1H3/b4-3+. The van der Waals surface area contributed by atoms with Crippen LogP contribution in [0.15, 0.2) is 28.8 Å². The number of carbonyl (C=O) groups excluding carboxylic acids is 1. The highest BCUT2D eigenvalue weighted by Crippen LogP contribution is 2.13. The number of halogens is 2. The number of nitrogens with zero attached hydrogens (tertiary/aromatic N) is 1. The molecule has 2 aromatic rings. The van der Waals surface area contributed by atoms with Gasteiger partial charge in [0.25, 0.3) is 0 Å². The summed E-state index contributed by atoms with van der Waals surface area (Å²) in [5.74, 6) is -1.66. The maximum absolute atomic E-state index is 13.0. The first kappa shape index (κ1) is 13.9. The van der Waals surface area contributed by atoms with E-state index >= 15 is 0 Å². The van der Waals surface area contributed by atoms with Gasteiger partial charge in [0.05, 0.1) is 6.61 Å². The third-order valence-electron chi connectivity index (χ3n) is 2.34. The van der Waals surface area contributed by atoms with Gasteiger partial charge in [-0.3, -0.25) is 0 Å². The number of esters is 1. The largest absolute Gasteiger partial charge is 0.461 e. The Morgan fingerprint density at radius 2 is 1.95 bits per heavy atom. The number of ether oxygens (including phenoxy) is 1. The van der Waals surface area contributed by atoms with Crippen molar-refractivity contribution in [3.05, 3.63) is 52.9 Å². The Morgan fingerprint density at radius 3 is 2.60 bits per heavy atom. The number of carbonyl (C=O) groups is 1. The Bertz CT molecular complexity index is 629. The summed E-state index contributed by atoms with van der Waals surface area (Å²) in [5.41, 5.74) is 0.369. The van der Waals surface area contributed by atoms with E-state index in [-0.39, 0.29) is 18.1 Å². The maximum Gasteiger partial charge on any atom is 0.360 e. The lowest BCUT2D eigenvalue weighted by Crippen LogP contribution is -2.04. The summed E-state index contributed by atoms with van der Waals surface area (Å²) < 4.78 is 35.6. The van der Waals surface area contributed by atoms with Crippen LogP contribution in [-0.4, -0.2) is 17.7 Å². The fourth-order valence-corrected chi connectivity index (χ4v) is 1.52. The van der Waals surface area contributed by atoms with Gasteiger partial charge < -0.3 is 9.26 Å². The predicted octanol–water partition coefficient (Wildman–Crippen LogP) is 3.30. The van der Waals surface area contributed by atoms with Gasteiger partial charge in [0.2, 0.25) is 0 Å². The van der Waals surface area contributed by atoms with E-state index in [1.54, 1.807) is 6.92 Å². The van der Waals surface area contributed by atoms with Gasteiger partial charge in [-0.2, -0.15) is 0 Å². The summed E-state index contributed by atoms with van der Waals surface area (Å²) in [4.78, 5) is 11.4. The summed E-state index contributed by atoms with van der Waals surface area (Å²) in [6.07, 6.45) is 2.89. The van der Waals surface area contributed by atoms with Crippen molar-refractivity contribution in [2.45, 2.75) is 6.92 Å². The molecule has 6 heteroatoms. The molecule has 0 atom stereocenters. The Morgan fingerprint density at radius 1 is 1.25 bits per heavy atom. The summed E-state index contributed by atoms with van der Waals surface area (Å²) in [7, 11) is 0. The van der Waals surface area contributed by atoms with Crippen LogP contribution in [0.25, 0.3) is 12.2 Å². The fraction of sp³-hybridized carbons (Fsp3) is 0.143. The minimum absolute atomic E-state index is 0.0388. The average Bonchev–Trinajstić information content (AvgIpc) is 2.84. The van der Waals surface area contributed by atoms with Crippen LogP contribution in [0.1, 0.15) is 28.7 Å². The molecule has 4 nitrogen and oxygen atoms in total. The van der Waals surface area contributed by atoms with Crippen LogP contribution in [0.5, 0.6) is 0 Å². The van der Waals surface area contributed by atoms with Crippen LogP contribution in [0.2, 0.25) is 0 Å². The molecule has 0 saturated heterocycles. The second-order valence-electron chi connectivity index (χ2n) is 3.87. The zero-order chi connectivity index (χ0) is 14.5. The monoisotopic (exact) mass is 279 g/mol. The second-order valence-corrected chi connectivity index (χ2v) is 3.87. The third-order valence-corrected chi connectivity index (χ3v) is 2.34. The van der Waals surface area contributed by atoms with Gasteiger partial charge in [0.15, 0.2) is 11.5 Å². The molecule has 0 spiro atoms. The number of rotatable bonds is 4. The molecule has 0 bridgehead atoms. The van der Waals surface area contributed by atoms with Crippen LogP contribution in [0, 0.1) is 11.6 Å². The molecular formula is C14H11F2NO3. The number of hydrogen-bond acceptors (Lipinski definition) is 4. The van der Waals surface area contributed by atoms with Crippen molar-refractivity contribution in [3.8, 4) is 0 Å². The van der Waals surface area contributed by atoms with Crippen molar-refractivity contribution < 1.29 is 22.8 Å². The highest BCUT2D eigenvalue weighted by Gasteiger charge is 2.11. The summed E-state index contributed by atoms with van der Waals surface area (Å²) >= 11 is 0. The molecule has 0 saturated carbocycles. The molecule has 2 rings (SSSR count). The molecule has 0 fully saturated rings. The van der Waals surface area contributed by atoms with E-state index in [0.29, 0.717) is 5.56 Å². The van der Waals surface area contributed by atoms with E-state index < -0.39 is 17.6 Å². The van der Waals surface area contributed by atoms with Crippen molar-refractivity contribution in [3.63, 3.8) is 0 Å². The van der Waals surface area contributed by atoms with Crippen molar-refractivity contribution in [1.29, 1.82) is 0 Å². The van der Waals surface area contributed by atoms with Gasteiger partial charge in [0, 0.05) is 12.1 Å². The highest BCUT2D eigenvalue weighted by atomic mass is 19.1.